The standard InChI is InChI=1S/C13H20N4S/c1-9-4-3-5-10(2)17(9)16-12-7-6-11(8-15-12)13(14)18/h6-10H,3-5H2,1-2H3,(H2,14,18)(H,15,16). The van der Waals surface area contributed by atoms with Crippen LogP contribution in [0, 0.1) is 0 Å². The van der Waals surface area contributed by atoms with E-state index in [1.54, 1.807) is 6.20 Å². The predicted molar refractivity (Wildman–Crippen MR) is 78.4 cm³/mol. The largest absolute Gasteiger partial charge is 0.389 e. The summed E-state index contributed by atoms with van der Waals surface area (Å²) in [6, 6.07) is 4.89. The molecule has 3 N–H and O–H groups in total. The number of hydrogen-bond acceptors (Lipinski definition) is 4. The molecule has 1 fully saturated rings. The van der Waals surface area contributed by atoms with Crippen molar-refractivity contribution in [1.82, 2.24) is 9.99 Å². The number of aromatic nitrogens is 1. The molecule has 0 aromatic carbocycles. The van der Waals surface area contributed by atoms with Crippen molar-refractivity contribution < 1.29 is 0 Å². The molecule has 2 atom stereocenters. The Kier molecular flexibility index (Phi) is 4.14. The maximum absolute atomic E-state index is 5.55. The molecule has 0 spiro atoms. The summed E-state index contributed by atoms with van der Waals surface area (Å²) in [5.41, 5.74) is 9.74. The molecule has 0 aliphatic carbocycles. The topological polar surface area (TPSA) is 54.2 Å². The molecule has 1 aromatic rings. The van der Waals surface area contributed by atoms with Gasteiger partial charge in [0, 0.05) is 23.8 Å². The fourth-order valence-electron chi connectivity index (χ4n) is 2.38. The number of piperidine rings is 1. The monoisotopic (exact) mass is 264 g/mol. The van der Waals surface area contributed by atoms with Crippen molar-refractivity contribution in [3.8, 4) is 0 Å². The van der Waals surface area contributed by atoms with E-state index in [1.807, 2.05) is 12.1 Å². The molecule has 2 heterocycles. The molecule has 0 saturated carbocycles. The Morgan fingerprint density at radius 2 is 2.06 bits per heavy atom. The van der Waals surface area contributed by atoms with Gasteiger partial charge in [-0.1, -0.05) is 18.6 Å². The van der Waals surface area contributed by atoms with Crippen LogP contribution in [0.3, 0.4) is 0 Å². The highest BCUT2D eigenvalue weighted by molar-refractivity contribution is 7.80. The summed E-state index contributed by atoms with van der Waals surface area (Å²) in [7, 11) is 0. The van der Waals surface area contributed by atoms with Crippen LogP contribution in [-0.2, 0) is 0 Å². The number of hydrazine groups is 1. The van der Waals surface area contributed by atoms with E-state index in [1.165, 1.54) is 19.3 Å². The van der Waals surface area contributed by atoms with Crippen molar-refractivity contribution in [2.45, 2.75) is 45.2 Å². The van der Waals surface area contributed by atoms with Crippen LogP contribution in [0.2, 0.25) is 0 Å². The van der Waals surface area contributed by atoms with Gasteiger partial charge < -0.3 is 11.2 Å². The van der Waals surface area contributed by atoms with E-state index in [4.69, 9.17) is 18.0 Å². The molecule has 1 aliphatic rings. The molecule has 18 heavy (non-hydrogen) atoms. The second-order valence-corrected chi connectivity index (χ2v) is 5.38. The molecule has 5 heteroatoms. The fourth-order valence-corrected chi connectivity index (χ4v) is 2.50. The van der Waals surface area contributed by atoms with Gasteiger partial charge in [0.05, 0.1) is 0 Å². The molecular weight excluding hydrogens is 244 g/mol. The van der Waals surface area contributed by atoms with Gasteiger partial charge >= 0.3 is 0 Å². The maximum Gasteiger partial charge on any atom is 0.140 e. The molecule has 0 bridgehead atoms. The van der Waals surface area contributed by atoms with Gasteiger partial charge in [-0.15, -0.1) is 0 Å². The summed E-state index contributed by atoms with van der Waals surface area (Å²) in [5, 5.41) is 2.28. The lowest BCUT2D eigenvalue weighted by Crippen LogP contribution is -2.47. The summed E-state index contributed by atoms with van der Waals surface area (Å²) < 4.78 is 0. The Hall–Kier alpha value is -1.20. The molecule has 98 valence electrons. The molecule has 1 aliphatic heterocycles. The summed E-state index contributed by atoms with van der Waals surface area (Å²) in [6.07, 6.45) is 5.46. The smallest absolute Gasteiger partial charge is 0.140 e. The maximum atomic E-state index is 5.55. The van der Waals surface area contributed by atoms with Crippen LogP contribution in [0.5, 0.6) is 0 Å². The lowest BCUT2D eigenvalue weighted by atomic mass is 10.00. The van der Waals surface area contributed by atoms with Crippen LogP contribution in [0.1, 0.15) is 38.7 Å². The highest BCUT2D eigenvalue weighted by atomic mass is 32.1. The van der Waals surface area contributed by atoms with Gasteiger partial charge in [0.2, 0.25) is 0 Å². The van der Waals surface area contributed by atoms with Crippen LogP contribution < -0.4 is 11.2 Å². The number of hydrogen-bond donors (Lipinski definition) is 2. The lowest BCUT2D eigenvalue weighted by Gasteiger charge is -2.39. The van der Waals surface area contributed by atoms with Crippen molar-refractivity contribution in [1.29, 1.82) is 0 Å². The third-order valence-corrected chi connectivity index (χ3v) is 3.72. The number of nitrogens with two attached hydrogens (primary N) is 1. The van der Waals surface area contributed by atoms with Gasteiger partial charge in [-0.2, -0.15) is 0 Å². The minimum absolute atomic E-state index is 0.383. The Morgan fingerprint density at radius 1 is 1.39 bits per heavy atom. The SMILES string of the molecule is CC1CCCC(C)N1Nc1ccc(C(N)=S)cn1. The number of thiocarbonyl (C=S) groups is 1. The first kappa shape index (κ1) is 13.2. The number of nitrogens with one attached hydrogen (secondary N) is 1. The summed E-state index contributed by atoms with van der Waals surface area (Å²) in [4.78, 5) is 4.73. The van der Waals surface area contributed by atoms with E-state index in [2.05, 4.69) is 29.3 Å². The predicted octanol–water partition coefficient (Wildman–Crippen LogP) is 2.31. The average molecular weight is 264 g/mol. The Morgan fingerprint density at radius 3 is 2.56 bits per heavy atom. The molecule has 1 aromatic heterocycles. The third-order valence-electron chi connectivity index (χ3n) is 3.49. The molecule has 0 radical (unpaired) electrons. The highest BCUT2D eigenvalue weighted by Gasteiger charge is 2.24. The van der Waals surface area contributed by atoms with E-state index in [0.29, 0.717) is 17.1 Å². The van der Waals surface area contributed by atoms with E-state index >= 15 is 0 Å². The van der Waals surface area contributed by atoms with Gasteiger partial charge in [0.1, 0.15) is 10.8 Å². The van der Waals surface area contributed by atoms with Crippen molar-refractivity contribution in [3.05, 3.63) is 23.9 Å². The van der Waals surface area contributed by atoms with Crippen molar-refractivity contribution in [2.24, 2.45) is 5.73 Å². The summed E-state index contributed by atoms with van der Waals surface area (Å²) >= 11 is 4.91. The molecule has 4 nitrogen and oxygen atoms in total. The summed E-state index contributed by atoms with van der Waals surface area (Å²) in [6.45, 7) is 4.48. The second kappa shape index (κ2) is 5.63. The zero-order valence-corrected chi connectivity index (χ0v) is 11.7. The normalized spacial score (nSPS) is 24.8. The average Bonchev–Trinajstić information content (AvgIpc) is 2.34. The molecule has 1 saturated heterocycles. The van der Waals surface area contributed by atoms with Crippen molar-refractivity contribution >= 4 is 23.0 Å². The second-order valence-electron chi connectivity index (χ2n) is 4.94. The van der Waals surface area contributed by atoms with E-state index in [9.17, 15) is 0 Å². The third kappa shape index (κ3) is 2.97. The minimum atomic E-state index is 0.383. The highest BCUT2D eigenvalue weighted by Crippen LogP contribution is 2.22. The Labute approximate surface area is 114 Å². The molecule has 2 rings (SSSR count). The van der Waals surface area contributed by atoms with Crippen LogP contribution in [-0.4, -0.2) is 27.1 Å². The Bertz CT molecular complexity index is 408. The number of nitrogens with zero attached hydrogens (tertiary/aromatic N) is 2. The Balaban J connectivity index is 2.06. The van der Waals surface area contributed by atoms with Gasteiger partial charge in [0.15, 0.2) is 0 Å². The number of anilines is 1. The van der Waals surface area contributed by atoms with Gasteiger partial charge in [0.25, 0.3) is 0 Å². The van der Waals surface area contributed by atoms with Gasteiger partial charge in [-0.3, -0.25) is 0 Å². The molecular formula is C13H20N4S. The zero-order valence-electron chi connectivity index (χ0n) is 10.9. The first-order valence-corrected chi connectivity index (χ1v) is 6.79. The minimum Gasteiger partial charge on any atom is -0.389 e. The zero-order chi connectivity index (χ0) is 13.1. The lowest BCUT2D eigenvalue weighted by molar-refractivity contribution is 0.135. The molecule has 0 amide bonds. The molecule has 2 unspecified atom stereocenters. The fraction of sp³-hybridized carbons (Fsp3) is 0.538. The van der Waals surface area contributed by atoms with Crippen LogP contribution in [0.25, 0.3) is 0 Å². The van der Waals surface area contributed by atoms with Crippen molar-refractivity contribution in [3.63, 3.8) is 0 Å². The van der Waals surface area contributed by atoms with E-state index in [0.717, 1.165) is 11.4 Å². The first-order valence-electron chi connectivity index (χ1n) is 6.39. The quantitative estimate of drug-likeness (QED) is 0.821. The number of rotatable bonds is 3. The summed E-state index contributed by atoms with van der Waals surface area (Å²) in [5.74, 6) is 0.843. The van der Waals surface area contributed by atoms with Crippen LogP contribution >= 0.6 is 12.2 Å². The first-order chi connectivity index (χ1) is 8.58. The van der Waals surface area contributed by atoms with Gasteiger partial charge in [-0.25, -0.2) is 9.99 Å². The van der Waals surface area contributed by atoms with E-state index < -0.39 is 0 Å². The van der Waals surface area contributed by atoms with Crippen LogP contribution in [0.4, 0.5) is 5.82 Å². The van der Waals surface area contributed by atoms with Crippen LogP contribution in [0.15, 0.2) is 18.3 Å². The van der Waals surface area contributed by atoms with Crippen molar-refractivity contribution in [2.75, 3.05) is 5.43 Å². The van der Waals surface area contributed by atoms with E-state index in [-0.39, 0.29) is 0 Å². The number of pyridine rings is 1. The van der Waals surface area contributed by atoms with Gasteiger partial charge in [-0.05, 0) is 38.8 Å².